The summed E-state index contributed by atoms with van der Waals surface area (Å²) < 4.78 is 6.47. The van der Waals surface area contributed by atoms with Crippen LogP contribution in [0.5, 0.6) is 5.75 Å². The Balaban J connectivity index is 3.11. The zero-order valence-electron chi connectivity index (χ0n) is 12.3. The molecule has 1 aromatic rings. The molecule has 1 aromatic carbocycles. The lowest BCUT2D eigenvalue weighted by Crippen LogP contribution is -2.54. The van der Waals surface area contributed by atoms with Gasteiger partial charge in [-0.15, -0.1) is 0 Å². The van der Waals surface area contributed by atoms with E-state index in [9.17, 15) is 0 Å². The van der Waals surface area contributed by atoms with Crippen LogP contribution in [0.3, 0.4) is 0 Å². The van der Waals surface area contributed by atoms with Crippen molar-refractivity contribution in [3.63, 3.8) is 0 Å². The Morgan fingerprint density at radius 1 is 0.824 bits per heavy atom. The molecule has 0 unspecified atom stereocenters. The normalized spacial score (nSPS) is 13.6. The number of hydrogen-bond acceptors (Lipinski definition) is 1. The van der Waals surface area contributed by atoms with Crippen LogP contribution >= 0.6 is 0 Å². The predicted molar refractivity (Wildman–Crippen MR) is 78.1 cm³/mol. The van der Waals surface area contributed by atoms with Crippen molar-refractivity contribution in [2.24, 2.45) is 0 Å². The fraction of sp³-hybridized carbons (Fsp3) is 0.600. The molecule has 0 aliphatic carbocycles. The maximum Gasteiger partial charge on any atom is 0.258 e. The summed E-state index contributed by atoms with van der Waals surface area (Å²) in [5, 5.41) is 0.419. The van der Waals surface area contributed by atoms with Crippen LogP contribution in [0.1, 0.15) is 41.5 Å². The molecule has 96 valence electrons. The first-order valence-corrected chi connectivity index (χ1v) is 8.73. The van der Waals surface area contributed by atoms with Crippen LogP contribution in [-0.2, 0) is 0 Å². The molecule has 2 heteroatoms. The molecule has 1 rings (SSSR count). The van der Waals surface area contributed by atoms with Gasteiger partial charge in [0.25, 0.3) is 8.32 Å². The molecule has 0 amide bonds. The predicted octanol–water partition coefficient (Wildman–Crippen LogP) is 5.24. The summed E-state index contributed by atoms with van der Waals surface area (Å²) in [4.78, 5) is 0. The molecule has 0 radical (unpaired) electrons. The van der Waals surface area contributed by atoms with Crippen molar-refractivity contribution in [1.29, 1.82) is 0 Å². The van der Waals surface area contributed by atoms with Gasteiger partial charge >= 0.3 is 0 Å². The molecule has 0 fully saturated rings. The zero-order valence-corrected chi connectivity index (χ0v) is 13.3. The lowest BCUT2D eigenvalue weighted by molar-refractivity contribution is 0.430. The summed E-state index contributed by atoms with van der Waals surface area (Å²) >= 11 is 0. The SMILES string of the molecule is CC(C)(C)[Si](C)(Oc1ccccc1)C(C)(C)C. The van der Waals surface area contributed by atoms with Gasteiger partial charge < -0.3 is 4.43 Å². The highest BCUT2D eigenvalue weighted by Crippen LogP contribution is 2.51. The van der Waals surface area contributed by atoms with Crippen molar-refractivity contribution < 1.29 is 4.43 Å². The second kappa shape index (κ2) is 4.49. The molecule has 0 spiro atoms. The average molecular weight is 250 g/mol. The van der Waals surface area contributed by atoms with Gasteiger partial charge in [-0.05, 0) is 28.8 Å². The van der Waals surface area contributed by atoms with Crippen LogP contribution in [-0.4, -0.2) is 8.32 Å². The van der Waals surface area contributed by atoms with E-state index in [1.807, 2.05) is 18.2 Å². The highest BCUT2D eigenvalue weighted by molar-refractivity contribution is 6.78. The number of benzene rings is 1. The maximum atomic E-state index is 6.47. The minimum Gasteiger partial charge on any atom is -0.543 e. The third-order valence-electron chi connectivity index (χ3n) is 3.93. The molecular weight excluding hydrogens is 224 g/mol. The largest absolute Gasteiger partial charge is 0.543 e. The Morgan fingerprint density at radius 3 is 1.59 bits per heavy atom. The standard InChI is InChI=1S/C15H26OSi/c1-14(2,3)17(7,15(4,5)6)16-13-11-9-8-10-12-13/h8-12H,1-7H3. The summed E-state index contributed by atoms with van der Waals surface area (Å²) in [6.07, 6.45) is 0. The highest BCUT2D eigenvalue weighted by atomic mass is 28.4. The van der Waals surface area contributed by atoms with E-state index in [0.717, 1.165) is 5.75 Å². The fourth-order valence-corrected chi connectivity index (χ4v) is 5.63. The number of rotatable bonds is 2. The summed E-state index contributed by atoms with van der Waals surface area (Å²) in [6.45, 7) is 16.1. The molecule has 0 heterocycles. The van der Waals surface area contributed by atoms with Gasteiger partial charge in [-0.3, -0.25) is 0 Å². The van der Waals surface area contributed by atoms with Crippen molar-refractivity contribution >= 4 is 8.32 Å². The smallest absolute Gasteiger partial charge is 0.258 e. The van der Waals surface area contributed by atoms with Gasteiger partial charge in [0.1, 0.15) is 5.75 Å². The van der Waals surface area contributed by atoms with Crippen molar-refractivity contribution in [2.45, 2.75) is 58.2 Å². The van der Waals surface area contributed by atoms with Crippen molar-refractivity contribution in [2.75, 3.05) is 0 Å². The second-order valence-electron chi connectivity index (χ2n) is 6.95. The van der Waals surface area contributed by atoms with Crippen molar-refractivity contribution in [3.8, 4) is 5.75 Å². The van der Waals surface area contributed by atoms with E-state index >= 15 is 0 Å². The Morgan fingerprint density at radius 2 is 1.24 bits per heavy atom. The summed E-state index contributed by atoms with van der Waals surface area (Å²) in [6, 6.07) is 10.2. The minimum atomic E-state index is -1.89. The number of hydrogen-bond donors (Lipinski definition) is 0. The Hall–Kier alpha value is -0.763. The quantitative estimate of drug-likeness (QED) is 0.652. The molecule has 0 saturated heterocycles. The van der Waals surface area contributed by atoms with E-state index in [1.165, 1.54) is 0 Å². The Labute approximate surface area is 107 Å². The third kappa shape index (κ3) is 2.92. The fourth-order valence-electron chi connectivity index (χ4n) is 2.16. The van der Waals surface area contributed by atoms with Crippen LogP contribution in [0.15, 0.2) is 30.3 Å². The van der Waals surface area contributed by atoms with Crippen molar-refractivity contribution in [1.82, 2.24) is 0 Å². The van der Waals surface area contributed by atoms with Crippen LogP contribution in [0.4, 0.5) is 0 Å². The molecule has 0 atom stereocenters. The molecular formula is C15H26OSi. The van der Waals surface area contributed by atoms with E-state index in [2.05, 4.69) is 60.2 Å². The molecule has 0 aliphatic rings. The average Bonchev–Trinajstić information content (AvgIpc) is 2.15. The van der Waals surface area contributed by atoms with Gasteiger partial charge in [-0.25, -0.2) is 0 Å². The van der Waals surface area contributed by atoms with Gasteiger partial charge in [0.2, 0.25) is 0 Å². The van der Waals surface area contributed by atoms with E-state index in [1.54, 1.807) is 0 Å². The molecule has 0 saturated carbocycles. The van der Waals surface area contributed by atoms with Gasteiger partial charge in [0.15, 0.2) is 0 Å². The zero-order chi connectivity index (χ0) is 13.3. The van der Waals surface area contributed by atoms with Crippen LogP contribution in [0.2, 0.25) is 16.6 Å². The first-order valence-electron chi connectivity index (χ1n) is 6.32. The monoisotopic (exact) mass is 250 g/mol. The van der Waals surface area contributed by atoms with Crippen molar-refractivity contribution in [3.05, 3.63) is 30.3 Å². The highest BCUT2D eigenvalue weighted by Gasteiger charge is 2.52. The summed E-state index contributed by atoms with van der Waals surface area (Å²) in [5.74, 6) is 1.01. The first kappa shape index (κ1) is 14.3. The topological polar surface area (TPSA) is 9.23 Å². The Bertz CT molecular complexity index is 343. The van der Waals surface area contributed by atoms with E-state index in [-0.39, 0.29) is 10.1 Å². The van der Waals surface area contributed by atoms with Crippen LogP contribution in [0.25, 0.3) is 0 Å². The van der Waals surface area contributed by atoms with E-state index < -0.39 is 8.32 Å². The molecule has 1 nitrogen and oxygen atoms in total. The second-order valence-corrected chi connectivity index (χ2v) is 12.2. The molecule has 0 aromatic heterocycles. The minimum absolute atomic E-state index is 0.209. The maximum absolute atomic E-state index is 6.47. The third-order valence-corrected chi connectivity index (χ3v) is 10.3. The molecule has 0 bridgehead atoms. The van der Waals surface area contributed by atoms with E-state index in [4.69, 9.17) is 4.43 Å². The first-order chi connectivity index (χ1) is 7.58. The molecule has 0 aliphatic heterocycles. The molecule has 0 N–H and O–H groups in total. The van der Waals surface area contributed by atoms with Crippen LogP contribution in [0, 0.1) is 0 Å². The van der Waals surface area contributed by atoms with Gasteiger partial charge in [-0.2, -0.15) is 0 Å². The Kier molecular flexibility index (Phi) is 3.77. The summed E-state index contributed by atoms with van der Waals surface area (Å²) in [7, 11) is -1.89. The van der Waals surface area contributed by atoms with E-state index in [0.29, 0.717) is 0 Å². The molecule has 17 heavy (non-hydrogen) atoms. The van der Waals surface area contributed by atoms with Gasteiger partial charge in [0, 0.05) is 0 Å². The van der Waals surface area contributed by atoms with Gasteiger partial charge in [-0.1, -0.05) is 59.7 Å². The lowest BCUT2D eigenvalue weighted by atomic mass is 10.2. The van der Waals surface area contributed by atoms with Gasteiger partial charge in [0.05, 0.1) is 0 Å². The van der Waals surface area contributed by atoms with Crippen LogP contribution < -0.4 is 4.43 Å². The number of para-hydroxylation sites is 1. The lowest BCUT2D eigenvalue weighted by Gasteiger charge is -2.48. The summed E-state index contributed by atoms with van der Waals surface area (Å²) in [5.41, 5.74) is 0.